The van der Waals surface area contributed by atoms with Crippen LogP contribution in [-0.2, 0) is 9.59 Å². The molecule has 20 heavy (non-hydrogen) atoms. The number of carboxylic acid groups (broad SMARTS) is 1. The molecule has 0 heterocycles. The van der Waals surface area contributed by atoms with Gasteiger partial charge in [-0.1, -0.05) is 6.07 Å². The van der Waals surface area contributed by atoms with Gasteiger partial charge in [-0.2, -0.15) is 0 Å². The van der Waals surface area contributed by atoms with Crippen LogP contribution in [0, 0.1) is 6.92 Å². The molecule has 0 aliphatic rings. The largest absolute Gasteiger partial charge is 0.481 e. The molecule has 0 aliphatic carbocycles. The number of carbonyl (C=O) groups is 3. The second-order valence-electron chi connectivity index (χ2n) is 4.46. The predicted octanol–water partition coefficient (Wildman–Crippen LogP) is 1.55. The Balaban J connectivity index is 2.66. The summed E-state index contributed by atoms with van der Waals surface area (Å²) in [5, 5.41) is 13.8. The molecule has 3 N–H and O–H groups in total. The zero-order valence-electron chi connectivity index (χ0n) is 11.5. The van der Waals surface area contributed by atoms with Crippen LogP contribution in [0.4, 0.5) is 5.69 Å². The number of aliphatic carboxylic acids is 1. The van der Waals surface area contributed by atoms with E-state index < -0.39 is 5.97 Å². The average Bonchev–Trinajstić information content (AvgIpc) is 2.36. The van der Waals surface area contributed by atoms with Crippen molar-refractivity contribution in [3.05, 3.63) is 29.3 Å². The van der Waals surface area contributed by atoms with Crippen molar-refractivity contribution in [2.75, 3.05) is 11.9 Å². The van der Waals surface area contributed by atoms with E-state index in [1.54, 1.807) is 25.1 Å². The van der Waals surface area contributed by atoms with Crippen LogP contribution in [0.3, 0.4) is 0 Å². The molecular weight excluding hydrogens is 260 g/mol. The molecule has 0 fully saturated rings. The maximum atomic E-state index is 12.0. The van der Waals surface area contributed by atoms with Crippen molar-refractivity contribution in [3.8, 4) is 0 Å². The highest BCUT2D eigenvalue weighted by Gasteiger charge is 2.10. The number of amides is 2. The van der Waals surface area contributed by atoms with Gasteiger partial charge in [-0.05, 0) is 31.0 Å². The first-order valence-corrected chi connectivity index (χ1v) is 6.28. The van der Waals surface area contributed by atoms with Crippen LogP contribution >= 0.6 is 0 Å². The van der Waals surface area contributed by atoms with Gasteiger partial charge >= 0.3 is 5.97 Å². The van der Waals surface area contributed by atoms with E-state index in [1.807, 2.05) is 0 Å². The maximum absolute atomic E-state index is 12.0. The number of anilines is 1. The molecule has 0 radical (unpaired) electrons. The topological polar surface area (TPSA) is 95.5 Å². The lowest BCUT2D eigenvalue weighted by Gasteiger charge is -2.09. The molecular formula is C14H18N2O4. The fraction of sp³-hybridized carbons (Fsp3) is 0.357. The van der Waals surface area contributed by atoms with Crippen LogP contribution in [0.5, 0.6) is 0 Å². The Labute approximate surface area is 117 Å². The Morgan fingerprint density at radius 3 is 2.55 bits per heavy atom. The van der Waals surface area contributed by atoms with Crippen molar-refractivity contribution in [2.24, 2.45) is 0 Å². The molecule has 0 aromatic heterocycles. The van der Waals surface area contributed by atoms with Gasteiger partial charge in [0.2, 0.25) is 5.91 Å². The third-order valence-corrected chi connectivity index (χ3v) is 2.66. The van der Waals surface area contributed by atoms with Crippen molar-refractivity contribution in [3.63, 3.8) is 0 Å². The second kappa shape index (κ2) is 7.28. The second-order valence-corrected chi connectivity index (χ2v) is 4.46. The van der Waals surface area contributed by atoms with Gasteiger partial charge in [0.1, 0.15) is 0 Å². The third kappa shape index (κ3) is 5.09. The van der Waals surface area contributed by atoms with Gasteiger partial charge in [0, 0.05) is 31.1 Å². The number of nitrogens with one attached hydrogen (secondary N) is 2. The minimum absolute atomic E-state index is 0.0190. The lowest BCUT2D eigenvalue weighted by atomic mass is 10.1. The molecule has 0 aliphatic heterocycles. The summed E-state index contributed by atoms with van der Waals surface area (Å²) in [5.74, 6) is -1.37. The van der Waals surface area contributed by atoms with E-state index in [0.717, 1.165) is 5.56 Å². The third-order valence-electron chi connectivity index (χ3n) is 2.66. The van der Waals surface area contributed by atoms with Crippen LogP contribution in [0.25, 0.3) is 0 Å². The minimum Gasteiger partial charge on any atom is -0.481 e. The molecule has 0 saturated carbocycles. The van der Waals surface area contributed by atoms with Gasteiger partial charge in [-0.3, -0.25) is 14.4 Å². The zero-order chi connectivity index (χ0) is 15.1. The summed E-state index contributed by atoms with van der Waals surface area (Å²) in [5.41, 5.74) is 1.81. The SMILES string of the molecule is CC(=O)Nc1ccc(C)c(C(=O)NCCCC(=O)O)c1. The maximum Gasteiger partial charge on any atom is 0.303 e. The Hall–Kier alpha value is -2.37. The van der Waals surface area contributed by atoms with Crippen LogP contribution in [0.15, 0.2) is 18.2 Å². The molecule has 6 heteroatoms. The van der Waals surface area contributed by atoms with Crippen LogP contribution in [-0.4, -0.2) is 29.4 Å². The molecule has 0 spiro atoms. The van der Waals surface area contributed by atoms with Crippen LogP contribution < -0.4 is 10.6 Å². The standard InChI is InChI=1S/C14H18N2O4/c1-9-5-6-11(16-10(2)17)8-12(9)14(20)15-7-3-4-13(18)19/h5-6,8H,3-4,7H2,1-2H3,(H,15,20)(H,16,17)(H,18,19). The highest BCUT2D eigenvalue weighted by Crippen LogP contribution is 2.15. The van der Waals surface area contributed by atoms with Crippen LogP contribution in [0.2, 0.25) is 0 Å². The average molecular weight is 278 g/mol. The molecule has 0 bridgehead atoms. The minimum atomic E-state index is -0.886. The fourth-order valence-corrected chi connectivity index (χ4v) is 1.68. The molecule has 0 unspecified atom stereocenters. The van der Waals surface area contributed by atoms with E-state index in [9.17, 15) is 14.4 Å². The lowest BCUT2D eigenvalue weighted by Crippen LogP contribution is -2.25. The van der Waals surface area contributed by atoms with Crippen molar-refractivity contribution in [1.82, 2.24) is 5.32 Å². The summed E-state index contributed by atoms with van der Waals surface area (Å²) in [6.45, 7) is 3.49. The Morgan fingerprint density at radius 1 is 1.25 bits per heavy atom. The summed E-state index contributed by atoms with van der Waals surface area (Å²) in [6, 6.07) is 5.07. The number of benzene rings is 1. The van der Waals surface area contributed by atoms with Crippen molar-refractivity contribution < 1.29 is 19.5 Å². The van der Waals surface area contributed by atoms with Crippen LogP contribution in [0.1, 0.15) is 35.7 Å². The van der Waals surface area contributed by atoms with Gasteiger partial charge in [0.25, 0.3) is 5.91 Å². The Bertz CT molecular complexity index is 526. The molecule has 2 amide bonds. The number of rotatable bonds is 6. The highest BCUT2D eigenvalue weighted by molar-refractivity contribution is 5.98. The monoisotopic (exact) mass is 278 g/mol. The van der Waals surface area contributed by atoms with E-state index >= 15 is 0 Å². The summed E-state index contributed by atoms with van der Waals surface area (Å²) in [6.07, 6.45) is 0.400. The smallest absolute Gasteiger partial charge is 0.303 e. The van der Waals surface area contributed by atoms with Crippen molar-refractivity contribution >= 4 is 23.5 Å². The number of aryl methyl sites for hydroxylation is 1. The Morgan fingerprint density at radius 2 is 1.95 bits per heavy atom. The van der Waals surface area contributed by atoms with E-state index in [-0.39, 0.29) is 18.2 Å². The summed E-state index contributed by atoms with van der Waals surface area (Å²) in [4.78, 5) is 33.3. The zero-order valence-corrected chi connectivity index (χ0v) is 11.5. The number of hydrogen-bond acceptors (Lipinski definition) is 3. The highest BCUT2D eigenvalue weighted by atomic mass is 16.4. The number of hydrogen-bond donors (Lipinski definition) is 3. The normalized spacial score (nSPS) is 9.90. The first-order valence-electron chi connectivity index (χ1n) is 6.28. The number of carbonyl (C=O) groups excluding carboxylic acids is 2. The molecule has 1 aromatic carbocycles. The summed E-state index contributed by atoms with van der Waals surface area (Å²) in [7, 11) is 0. The van der Waals surface area contributed by atoms with E-state index in [0.29, 0.717) is 24.2 Å². The van der Waals surface area contributed by atoms with Crippen molar-refractivity contribution in [2.45, 2.75) is 26.7 Å². The van der Waals surface area contributed by atoms with Gasteiger partial charge in [-0.25, -0.2) is 0 Å². The first-order chi connectivity index (χ1) is 9.40. The molecule has 0 atom stereocenters. The first kappa shape index (κ1) is 15.7. The molecule has 1 aromatic rings. The molecule has 6 nitrogen and oxygen atoms in total. The van der Waals surface area contributed by atoms with E-state index in [2.05, 4.69) is 10.6 Å². The van der Waals surface area contributed by atoms with Gasteiger partial charge in [0.15, 0.2) is 0 Å². The molecule has 1 rings (SSSR count). The fourth-order valence-electron chi connectivity index (χ4n) is 1.68. The number of carboxylic acids is 1. The summed E-state index contributed by atoms with van der Waals surface area (Å²) < 4.78 is 0. The molecule has 108 valence electrons. The van der Waals surface area contributed by atoms with Gasteiger partial charge in [0.05, 0.1) is 0 Å². The molecule has 0 saturated heterocycles. The van der Waals surface area contributed by atoms with Gasteiger partial charge < -0.3 is 15.7 Å². The summed E-state index contributed by atoms with van der Waals surface area (Å²) >= 11 is 0. The lowest BCUT2D eigenvalue weighted by molar-refractivity contribution is -0.137. The quantitative estimate of drug-likeness (QED) is 0.688. The van der Waals surface area contributed by atoms with E-state index in [4.69, 9.17) is 5.11 Å². The van der Waals surface area contributed by atoms with E-state index in [1.165, 1.54) is 6.92 Å². The van der Waals surface area contributed by atoms with Gasteiger partial charge in [-0.15, -0.1) is 0 Å². The van der Waals surface area contributed by atoms with Crippen molar-refractivity contribution in [1.29, 1.82) is 0 Å². The Kier molecular flexibility index (Phi) is 5.71. The predicted molar refractivity (Wildman–Crippen MR) is 74.7 cm³/mol.